The monoisotopic (exact) mass is 467 g/mol. The second-order valence-electron chi connectivity index (χ2n) is 10.2. The number of benzene rings is 1. The third-order valence-electron chi connectivity index (χ3n) is 5.06. The number of phenolic OH excluding ortho intramolecular Hbond substituents is 1. The molecule has 0 unspecified atom stereocenters. The van der Waals surface area contributed by atoms with E-state index in [0.717, 1.165) is 30.5 Å². The molecule has 0 aliphatic carbocycles. The van der Waals surface area contributed by atoms with Crippen LogP contribution in [0.1, 0.15) is 70.3 Å². The van der Waals surface area contributed by atoms with Gasteiger partial charge in [0, 0.05) is 18.8 Å². The van der Waals surface area contributed by atoms with Crippen molar-refractivity contribution in [3.05, 3.63) is 57.0 Å². The number of hydrogen-bond donors (Lipinski definition) is 3. The lowest BCUT2D eigenvalue weighted by molar-refractivity contribution is 0.422. The third-order valence-corrected chi connectivity index (χ3v) is 5.06. The normalized spacial score (nSPS) is 12.3. The summed E-state index contributed by atoms with van der Waals surface area (Å²) >= 11 is 0. The van der Waals surface area contributed by atoms with E-state index in [9.17, 15) is 23.4 Å². The van der Waals surface area contributed by atoms with Crippen LogP contribution in [0.15, 0.2) is 29.2 Å². The molecule has 0 atom stereocenters. The van der Waals surface area contributed by atoms with Crippen molar-refractivity contribution in [2.24, 2.45) is 0 Å². The number of aromatic hydroxyl groups is 2. The summed E-state index contributed by atoms with van der Waals surface area (Å²) in [5, 5.41) is 20.6. The summed E-state index contributed by atoms with van der Waals surface area (Å²) in [6.45, 7) is 15.2. The highest BCUT2D eigenvalue weighted by Gasteiger charge is 2.26. The zero-order chi connectivity index (χ0) is 25.1. The van der Waals surface area contributed by atoms with Gasteiger partial charge < -0.3 is 14.8 Å². The van der Waals surface area contributed by atoms with Crippen molar-refractivity contribution in [3.63, 3.8) is 0 Å². The van der Waals surface area contributed by atoms with Gasteiger partial charge in [0.1, 0.15) is 5.75 Å². The zero-order valence-corrected chi connectivity index (χ0v) is 21.2. The van der Waals surface area contributed by atoms with Gasteiger partial charge in [-0.3, -0.25) is 9.35 Å². The number of pyridine rings is 1. The molecule has 0 amide bonds. The lowest BCUT2D eigenvalue weighted by Crippen LogP contribution is -2.18. The highest BCUT2D eigenvalue weighted by molar-refractivity contribution is 7.85. The summed E-state index contributed by atoms with van der Waals surface area (Å²) < 4.78 is 27.8. The Balaban J connectivity index is 0.000000920. The second-order valence-corrected chi connectivity index (χ2v) is 11.6. The maximum absolute atomic E-state index is 11.5. The summed E-state index contributed by atoms with van der Waals surface area (Å²) in [7, 11) is -3.67. The van der Waals surface area contributed by atoms with Crippen LogP contribution in [0, 0.1) is 6.92 Å². The van der Waals surface area contributed by atoms with Gasteiger partial charge in [0.05, 0.1) is 11.9 Å². The molecule has 0 saturated heterocycles. The molecule has 2 aromatic rings. The topological polar surface area (TPSA) is 117 Å². The average molecular weight is 468 g/mol. The van der Waals surface area contributed by atoms with Crippen molar-refractivity contribution in [3.8, 4) is 11.5 Å². The minimum atomic E-state index is -3.67. The first-order valence-corrected chi connectivity index (χ1v) is 12.4. The molecule has 8 heteroatoms. The fraction of sp³-hybridized carbons (Fsp3) is 0.542. The van der Waals surface area contributed by atoms with Crippen LogP contribution in [0.3, 0.4) is 0 Å². The fourth-order valence-corrected chi connectivity index (χ4v) is 3.34. The molecule has 3 N–H and O–H groups in total. The Bertz CT molecular complexity index is 1060. The van der Waals surface area contributed by atoms with Crippen molar-refractivity contribution in [1.29, 1.82) is 0 Å². The number of phenols is 1. The van der Waals surface area contributed by atoms with Gasteiger partial charge in [0.25, 0.3) is 10.1 Å². The molecule has 180 valence electrons. The number of aromatic nitrogens is 1. The first-order valence-electron chi connectivity index (χ1n) is 10.5. The SMILES string of the molecule is CS(=O)(=O)O.Cc1c(O)c(=O)ccn1CCCc1cc(C(C)(C)C)c(O)c(C(C)(C)C)c1. The van der Waals surface area contributed by atoms with Crippen LogP contribution in [0.4, 0.5) is 0 Å². The Labute approximate surface area is 191 Å². The molecule has 0 bridgehead atoms. The smallest absolute Gasteiger partial charge is 0.261 e. The summed E-state index contributed by atoms with van der Waals surface area (Å²) in [5.41, 5.74) is 3.13. The molecular formula is C24H37NO6S. The fourth-order valence-electron chi connectivity index (χ4n) is 3.34. The molecule has 0 fully saturated rings. The minimum Gasteiger partial charge on any atom is -0.507 e. The number of nitrogens with zero attached hydrogens (tertiary/aromatic N) is 1. The standard InChI is InChI=1S/C23H33NO3.CH4O3S/c1-15-20(26)19(25)10-12-24(15)11-8-9-16-13-17(22(2,3)4)21(27)18(14-16)23(5,6)7;1-5(2,3)4/h10,12-14,26-27H,8-9,11H2,1-7H3;1H3,(H,2,3,4). The lowest BCUT2D eigenvalue weighted by atomic mass is 9.78. The van der Waals surface area contributed by atoms with Gasteiger partial charge in [-0.25, -0.2) is 0 Å². The van der Waals surface area contributed by atoms with E-state index >= 15 is 0 Å². The van der Waals surface area contributed by atoms with Gasteiger partial charge in [-0.15, -0.1) is 0 Å². The molecule has 1 heterocycles. The first-order chi connectivity index (χ1) is 14.3. The Morgan fingerprint density at radius 3 is 1.78 bits per heavy atom. The molecule has 1 aromatic carbocycles. The Morgan fingerprint density at radius 2 is 1.38 bits per heavy atom. The molecular weight excluding hydrogens is 430 g/mol. The molecule has 0 spiro atoms. The molecule has 0 aliphatic heterocycles. The van der Waals surface area contributed by atoms with Gasteiger partial charge >= 0.3 is 0 Å². The van der Waals surface area contributed by atoms with Crippen LogP contribution < -0.4 is 5.43 Å². The molecule has 0 saturated carbocycles. The summed E-state index contributed by atoms with van der Waals surface area (Å²) in [5.74, 6) is 0.229. The molecule has 2 rings (SSSR count). The van der Waals surface area contributed by atoms with E-state index in [4.69, 9.17) is 4.55 Å². The Hall–Kier alpha value is -2.32. The first kappa shape index (κ1) is 27.7. The van der Waals surface area contributed by atoms with Crippen LogP contribution in [0.2, 0.25) is 0 Å². The highest BCUT2D eigenvalue weighted by atomic mass is 32.2. The van der Waals surface area contributed by atoms with Gasteiger partial charge in [-0.2, -0.15) is 8.42 Å². The van der Waals surface area contributed by atoms with Crippen molar-refractivity contribution in [2.45, 2.75) is 78.7 Å². The maximum atomic E-state index is 11.5. The van der Waals surface area contributed by atoms with Gasteiger partial charge in [-0.1, -0.05) is 53.7 Å². The predicted molar refractivity (Wildman–Crippen MR) is 128 cm³/mol. The van der Waals surface area contributed by atoms with Crippen molar-refractivity contribution in [1.82, 2.24) is 4.57 Å². The van der Waals surface area contributed by atoms with Crippen LogP contribution in [0.5, 0.6) is 11.5 Å². The van der Waals surface area contributed by atoms with Gasteiger partial charge in [0.15, 0.2) is 5.75 Å². The summed E-state index contributed by atoms with van der Waals surface area (Å²) in [6, 6.07) is 5.62. The third kappa shape index (κ3) is 8.31. The number of rotatable bonds is 4. The summed E-state index contributed by atoms with van der Waals surface area (Å²) in [6.07, 6.45) is 4.18. The van der Waals surface area contributed by atoms with Gasteiger partial charge in [0.2, 0.25) is 5.43 Å². The zero-order valence-electron chi connectivity index (χ0n) is 20.4. The van der Waals surface area contributed by atoms with E-state index in [1.807, 2.05) is 4.57 Å². The number of aryl methyl sites for hydroxylation is 2. The van der Waals surface area contributed by atoms with E-state index < -0.39 is 10.1 Å². The number of hydrogen-bond acceptors (Lipinski definition) is 5. The quantitative estimate of drug-likeness (QED) is 0.577. The van der Waals surface area contributed by atoms with Crippen molar-refractivity contribution in [2.75, 3.05) is 6.26 Å². The Kier molecular flexibility index (Phi) is 8.73. The van der Waals surface area contributed by atoms with Gasteiger partial charge in [-0.05, 0) is 47.3 Å². The van der Waals surface area contributed by atoms with Crippen molar-refractivity contribution < 1.29 is 23.2 Å². The molecule has 32 heavy (non-hydrogen) atoms. The molecule has 1 aromatic heterocycles. The van der Waals surface area contributed by atoms with Crippen LogP contribution in [0.25, 0.3) is 0 Å². The predicted octanol–water partition coefficient (Wildman–Crippen LogP) is 4.30. The molecule has 7 nitrogen and oxygen atoms in total. The molecule has 0 aliphatic rings. The summed E-state index contributed by atoms with van der Waals surface area (Å²) in [4.78, 5) is 11.5. The van der Waals surface area contributed by atoms with E-state index in [0.29, 0.717) is 17.7 Å². The van der Waals surface area contributed by atoms with Crippen LogP contribution >= 0.6 is 0 Å². The Morgan fingerprint density at radius 1 is 0.938 bits per heavy atom. The maximum Gasteiger partial charge on any atom is 0.261 e. The lowest BCUT2D eigenvalue weighted by Gasteiger charge is -2.28. The van der Waals surface area contributed by atoms with E-state index in [-0.39, 0.29) is 22.0 Å². The van der Waals surface area contributed by atoms with Crippen molar-refractivity contribution >= 4 is 10.1 Å². The van der Waals surface area contributed by atoms with E-state index in [2.05, 4.69) is 53.7 Å². The highest BCUT2D eigenvalue weighted by Crippen LogP contribution is 2.40. The largest absolute Gasteiger partial charge is 0.507 e. The average Bonchev–Trinajstić information content (AvgIpc) is 2.59. The van der Waals surface area contributed by atoms with Crippen LogP contribution in [-0.4, -0.2) is 34.0 Å². The van der Waals surface area contributed by atoms with E-state index in [1.54, 1.807) is 13.1 Å². The minimum absolute atomic E-state index is 0.138. The second kappa shape index (κ2) is 10.1. The van der Waals surface area contributed by atoms with Crippen LogP contribution in [-0.2, 0) is 33.9 Å². The van der Waals surface area contributed by atoms with E-state index in [1.165, 1.54) is 11.6 Å². The molecule has 0 radical (unpaired) electrons.